The second-order valence-corrected chi connectivity index (χ2v) is 7.05. The number of nitrogens with one attached hydrogen (secondary N) is 1. The van der Waals surface area contributed by atoms with Crippen molar-refractivity contribution in [3.05, 3.63) is 48.0 Å². The number of carbonyl (C=O) groups excluding carboxylic acids is 1. The smallest absolute Gasteiger partial charge is 0.221 e. The molecule has 2 fully saturated rings. The summed E-state index contributed by atoms with van der Waals surface area (Å²) in [5.74, 6) is 0.406. The van der Waals surface area contributed by atoms with Crippen LogP contribution in [0.5, 0.6) is 0 Å². The Morgan fingerprint density at radius 1 is 1.33 bits per heavy atom. The van der Waals surface area contributed by atoms with Crippen molar-refractivity contribution in [1.82, 2.24) is 25.0 Å². The van der Waals surface area contributed by atoms with Gasteiger partial charge in [-0.3, -0.25) is 19.4 Å². The van der Waals surface area contributed by atoms with Gasteiger partial charge < -0.3 is 5.32 Å². The molecule has 2 saturated heterocycles. The normalized spacial score (nSPS) is 23.5. The van der Waals surface area contributed by atoms with Crippen LogP contribution < -0.4 is 5.32 Å². The van der Waals surface area contributed by atoms with E-state index in [4.69, 9.17) is 0 Å². The largest absolute Gasteiger partial charge is 0.350 e. The molecule has 2 aliphatic heterocycles. The van der Waals surface area contributed by atoms with E-state index in [9.17, 15) is 4.79 Å². The van der Waals surface area contributed by atoms with Gasteiger partial charge in [0, 0.05) is 63.2 Å². The Hall–Kier alpha value is -2.21. The molecule has 1 N–H and O–H groups in total. The van der Waals surface area contributed by atoms with Crippen LogP contribution in [-0.2, 0) is 18.4 Å². The van der Waals surface area contributed by atoms with Crippen molar-refractivity contribution in [3.8, 4) is 0 Å². The van der Waals surface area contributed by atoms with Crippen molar-refractivity contribution >= 4 is 5.91 Å². The van der Waals surface area contributed by atoms with Gasteiger partial charge in [-0.25, -0.2) is 0 Å². The SMILES string of the molecule is Cn1cc([C@H]2CC(=O)NC23CCN(Cc2cccnc2)CC3)cn1. The van der Waals surface area contributed by atoms with E-state index in [2.05, 4.69) is 32.6 Å². The van der Waals surface area contributed by atoms with Crippen molar-refractivity contribution in [2.45, 2.75) is 37.3 Å². The monoisotopic (exact) mass is 325 g/mol. The summed E-state index contributed by atoms with van der Waals surface area (Å²) >= 11 is 0. The van der Waals surface area contributed by atoms with E-state index < -0.39 is 0 Å². The zero-order chi connectivity index (χ0) is 16.6. The maximum absolute atomic E-state index is 12.1. The standard InChI is InChI=1S/C18H23N5O/c1-22-13-15(11-20-22)16-9-17(24)21-18(16)4-7-23(8-5-18)12-14-3-2-6-19-10-14/h2-3,6,10-11,13,16H,4-5,7-9,12H2,1H3,(H,21,24)/t16-/m1/s1. The fourth-order valence-corrected chi connectivity index (χ4v) is 4.19. The number of likely N-dealkylation sites (tertiary alicyclic amines) is 1. The lowest BCUT2D eigenvalue weighted by Gasteiger charge is -2.42. The fourth-order valence-electron chi connectivity index (χ4n) is 4.19. The van der Waals surface area contributed by atoms with Gasteiger partial charge in [0.1, 0.15) is 0 Å². The molecule has 1 atom stereocenters. The van der Waals surface area contributed by atoms with Crippen molar-refractivity contribution in [1.29, 1.82) is 0 Å². The molecule has 2 aliphatic rings. The Balaban J connectivity index is 1.47. The van der Waals surface area contributed by atoms with E-state index in [1.807, 2.05) is 30.2 Å². The molecule has 4 rings (SSSR count). The summed E-state index contributed by atoms with van der Waals surface area (Å²) in [6.07, 6.45) is 10.2. The lowest BCUT2D eigenvalue weighted by atomic mass is 9.75. The highest BCUT2D eigenvalue weighted by Crippen LogP contribution is 2.43. The Kier molecular flexibility index (Phi) is 3.84. The van der Waals surface area contributed by atoms with Gasteiger partial charge in [-0.2, -0.15) is 5.10 Å². The Bertz CT molecular complexity index is 718. The Morgan fingerprint density at radius 2 is 2.17 bits per heavy atom. The van der Waals surface area contributed by atoms with E-state index in [-0.39, 0.29) is 17.4 Å². The van der Waals surface area contributed by atoms with Gasteiger partial charge in [0.2, 0.25) is 5.91 Å². The topological polar surface area (TPSA) is 63.1 Å². The highest BCUT2D eigenvalue weighted by Gasteiger charge is 2.48. The molecule has 0 saturated carbocycles. The van der Waals surface area contributed by atoms with E-state index in [1.165, 1.54) is 11.1 Å². The van der Waals surface area contributed by atoms with Gasteiger partial charge in [-0.1, -0.05) is 6.07 Å². The Morgan fingerprint density at radius 3 is 2.83 bits per heavy atom. The molecule has 1 spiro atoms. The number of aromatic nitrogens is 3. The minimum absolute atomic E-state index is 0.106. The van der Waals surface area contributed by atoms with Crippen LogP contribution in [0.15, 0.2) is 36.9 Å². The van der Waals surface area contributed by atoms with Gasteiger partial charge in [-0.05, 0) is 30.0 Å². The molecule has 0 bridgehead atoms. The molecule has 4 heterocycles. The van der Waals surface area contributed by atoms with Gasteiger partial charge in [0.25, 0.3) is 0 Å². The number of hydrogen-bond donors (Lipinski definition) is 1. The molecule has 0 unspecified atom stereocenters. The lowest BCUT2D eigenvalue weighted by Crippen LogP contribution is -2.53. The number of aryl methyl sites for hydroxylation is 1. The summed E-state index contributed by atoms with van der Waals surface area (Å²) in [4.78, 5) is 18.8. The van der Waals surface area contributed by atoms with Crippen LogP contribution in [0.3, 0.4) is 0 Å². The number of pyridine rings is 1. The summed E-state index contributed by atoms with van der Waals surface area (Å²) in [6, 6.07) is 4.10. The second-order valence-electron chi connectivity index (χ2n) is 7.05. The van der Waals surface area contributed by atoms with Crippen molar-refractivity contribution in [2.75, 3.05) is 13.1 Å². The fraction of sp³-hybridized carbons (Fsp3) is 0.500. The molecule has 6 heteroatoms. The van der Waals surface area contributed by atoms with Crippen LogP contribution in [0, 0.1) is 0 Å². The van der Waals surface area contributed by atoms with Gasteiger partial charge >= 0.3 is 0 Å². The number of hydrogen-bond acceptors (Lipinski definition) is 4. The van der Waals surface area contributed by atoms with Crippen LogP contribution >= 0.6 is 0 Å². The zero-order valence-electron chi connectivity index (χ0n) is 14.0. The van der Waals surface area contributed by atoms with E-state index in [0.717, 1.165) is 32.5 Å². The van der Waals surface area contributed by atoms with Gasteiger partial charge in [0.05, 0.1) is 6.20 Å². The first-order valence-corrected chi connectivity index (χ1v) is 8.55. The van der Waals surface area contributed by atoms with Gasteiger partial charge in [-0.15, -0.1) is 0 Å². The minimum atomic E-state index is -0.106. The predicted molar refractivity (Wildman–Crippen MR) is 90.2 cm³/mol. The van der Waals surface area contributed by atoms with Crippen LogP contribution in [0.4, 0.5) is 0 Å². The van der Waals surface area contributed by atoms with Crippen molar-refractivity contribution in [2.24, 2.45) is 7.05 Å². The molecule has 24 heavy (non-hydrogen) atoms. The first-order chi connectivity index (χ1) is 11.6. The number of carbonyl (C=O) groups is 1. The molecule has 0 aromatic carbocycles. The van der Waals surface area contributed by atoms with E-state index >= 15 is 0 Å². The maximum atomic E-state index is 12.1. The summed E-state index contributed by atoms with van der Waals surface area (Å²) in [5.41, 5.74) is 2.32. The van der Waals surface area contributed by atoms with Crippen molar-refractivity contribution in [3.63, 3.8) is 0 Å². The van der Waals surface area contributed by atoms with E-state index in [0.29, 0.717) is 6.42 Å². The third-order valence-electron chi connectivity index (χ3n) is 5.45. The summed E-state index contributed by atoms with van der Waals surface area (Å²) in [6.45, 7) is 2.91. The van der Waals surface area contributed by atoms with Crippen LogP contribution in [0.25, 0.3) is 0 Å². The maximum Gasteiger partial charge on any atom is 0.221 e. The third-order valence-corrected chi connectivity index (χ3v) is 5.45. The average Bonchev–Trinajstić information content (AvgIpc) is 3.14. The summed E-state index contributed by atoms with van der Waals surface area (Å²) < 4.78 is 1.82. The number of rotatable bonds is 3. The highest BCUT2D eigenvalue weighted by atomic mass is 16.2. The molecule has 2 aromatic heterocycles. The first kappa shape index (κ1) is 15.3. The molecule has 6 nitrogen and oxygen atoms in total. The molecular formula is C18H23N5O. The number of piperidine rings is 1. The summed E-state index contributed by atoms with van der Waals surface area (Å²) in [7, 11) is 1.93. The molecule has 0 aliphatic carbocycles. The molecule has 126 valence electrons. The van der Waals surface area contributed by atoms with Crippen LogP contribution in [0.2, 0.25) is 0 Å². The Labute approximate surface area is 141 Å². The highest BCUT2D eigenvalue weighted by molar-refractivity contribution is 5.81. The van der Waals surface area contributed by atoms with Gasteiger partial charge in [0.15, 0.2) is 0 Å². The molecule has 1 amide bonds. The molecule has 0 radical (unpaired) electrons. The lowest BCUT2D eigenvalue weighted by molar-refractivity contribution is -0.120. The summed E-state index contributed by atoms with van der Waals surface area (Å²) in [5, 5.41) is 7.59. The molecule has 2 aromatic rings. The number of nitrogens with zero attached hydrogens (tertiary/aromatic N) is 4. The van der Waals surface area contributed by atoms with Crippen LogP contribution in [0.1, 0.15) is 36.3 Å². The van der Waals surface area contributed by atoms with Crippen molar-refractivity contribution < 1.29 is 4.79 Å². The minimum Gasteiger partial charge on any atom is -0.350 e. The van der Waals surface area contributed by atoms with E-state index in [1.54, 1.807) is 6.20 Å². The first-order valence-electron chi connectivity index (χ1n) is 8.55. The second kappa shape index (κ2) is 6.02. The zero-order valence-corrected chi connectivity index (χ0v) is 14.0. The average molecular weight is 325 g/mol. The number of amides is 1. The quantitative estimate of drug-likeness (QED) is 0.928. The molecular weight excluding hydrogens is 302 g/mol. The predicted octanol–water partition coefficient (Wildman–Crippen LogP) is 1.45. The van der Waals surface area contributed by atoms with Crippen LogP contribution in [-0.4, -0.2) is 44.2 Å². The third kappa shape index (κ3) is 2.82.